The lowest BCUT2D eigenvalue weighted by atomic mass is 10.2. The van der Waals surface area contributed by atoms with Gasteiger partial charge < -0.3 is 5.32 Å². The number of carbonyl (C=O) groups excluding carboxylic acids is 1. The highest BCUT2D eigenvalue weighted by molar-refractivity contribution is 7.98. The summed E-state index contributed by atoms with van der Waals surface area (Å²) in [5, 5.41) is 3.45. The molecule has 0 saturated heterocycles. The van der Waals surface area contributed by atoms with Gasteiger partial charge in [0.1, 0.15) is 0 Å². The number of nitrogens with one attached hydrogen (secondary N) is 2. The van der Waals surface area contributed by atoms with Gasteiger partial charge in [0.05, 0.1) is 4.90 Å². The number of amides is 1. The smallest absolute Gasteiger partial charge is 0.261 e. The largest absolute Gasteiger partial charge is 0.348 e. The molecule has 8 heteroatoms. The molecule has 2 N–H and O–H groups in total. The highest BCUT2D eigenvalue weighted by Crippen LogP contribution is 2.20. The Morgan fingerprint density at radius 3 is 2.14 bits per heavy atom. The van der Waals surface area contributed by atoms with E-state index in [9.17, 15) is 13.2 Å². The molecule has 5 nitrogen and oxygen atoms in total. The van der Waals surface area contributed by atoms with Crippen molar-refractivity contribution in [1.29, 1.82) is 0 Å². The van der Waals surface area contributed by atoms with Gasteiger partial charge >= 0.3 is 0 Å². The monoisotopic (exact) mass is 446 g/mol. The minimum Gasteiger partial charge on any atom is -0.348 e. The van der Waals surface area contributed by atoms with Crippen molar-refractivity contribution in [2.24, 2.45) is 0 Å². The van der Waals surface area contributed by atoms with Crippen molar-refractivity contribution in [3.8, 4) is 0 Å². The van der Waals surface area contributed by atoms with Crippen molar-refractivity contribution in [2.75, 3.05) is 11.0 Å². The second-order valence-electron chi connectivity index (χ2n) is 6.17. The molecule has 0 aliphatic carbocycles. The molecular weight excluding hydrogens is 428 g/mol. The van der Waals surface area contributed by atoms with E-state index in [-0.39, 0.29) is 10.8 Å². The predicted octanol–water partition coefficient (Wildman–Crippen LogP) is 4.79. The van der Waals surface area contributed by atoms with Crippen molar-refractivity contribution in [1.82, 2.24) is 5.32 Å². The summed E-state index contributed by atoms with van der Waals surface area (Å²) in [6, 6.07) is 20.1. The molecule has 29 heavy (non-hydrogen) atoms. The molecule has 0 unspecified atom stereocenters. The van der Waals surface area contributed by atoms with Gasteiger partial charge in [0, 0.05) is 27.7 Å². The van der Waals surface area contributed by atoms with E-state index in [1.54, 1.807) is 72.4 Å². The lowest BCUT2D eigenvalue weighted by Crippen LogP contribution is -2.22. The second kappa shape index (κ2) is 9.35. The van der Waals surface area contributed by atoms with Gasteiger partial charge in [0.2, 0.25) is 0 Å². The molecule has 0 spiro atoms. The van der Waals surface area contributed by atoms with Crippen molar-refractivity contribution < 1.29 is 13.2 Å². The fourth-order valence-corrected chi connectivity index (χ4v) is 4.14. The van der Waals surface area contributed by atoms with E-state index in [4.69, 9.17) is 11.6 Å². The van der Waals surface area contributed by atoms with E-state index in [2.05, 4.69) is 10.0 Å². The minimum absolute atomic E-state index is 0.181. The van der Waals surface area contributed by atoms with Gasteiger partial charge in [-0.15, -0.1) is 11.8 Å². The van der Waals surface area contributed by atoms with E-state index in [0.29, 0.717) is 22.8 Å². The molecule has 1 amide bonds. The van der Waals surface area contributed by atoms with E-state index in [1.807, 2.05) is 18.4 Å². The fourth-order valence-electron chi connectivity index (χ4n) is 2.55. The molecule has 0 atom stereocenters. The van der Waals surface area contributed by atoms with Crippen molar-refractivity contribution in [3.05, 3.63) is 88.9 Å². The minimum atomic E-state index is -3.69. The van der Waals surface area contributed by atoms with Crippen LogP contribution in [0.1, 0.15) is 15.9 Å². The zero-order valence-electron chi connectivity index (χ0n) is 15.6. The van der Waals surface area contributed by atoms with E-state index >= 15 is 0 Å². The number of sulfonamides is 1. The standard InChI is InChI=1S/C21H19ClN2O3S2/c1-28-19-10-12-20(13-11-19)29(26,27)24-18-8-4-16(5-9-18)21(25)23-14-15-2-6-17(22)7-3-15/h2-13,24H,14H2,1H3,(H,23,25). The third-order valence-corrected chi connectivity index (χ3v) is 6.53. The van der Waals surface area contributed by atoms with Crippen LogP contribution in [0.2, 0.25) is 5.02 Å². The number of benzene rings is 3. The van der Waals surface area contributed by atoms with Crippen LogP contribution in [-0.2, 0) is 16.6 Å². The SMILES string of the molecule is CSc1ccc(S(=O)(=O)Nc2ccc(C(=O)NCc3ccc(Cl)cc3)cc2)cc1. The number of rotatable bonds is 7. The van der Waals surface area contributed by atoms with Crippen molar-refractivity contribution in [3.63, 3.8) is 0 Å². The van der Waals surface area contributed by atoms with Crippen LogP contribution in [-0.4, -0.2) is 20.6 Å². The van der Waals surface area contributed by atoms with Gasteiger partial charge in [0.15, 0.2) is 0 Å². The number of hydrogen-bond donors (Lipinski definition) is 2. The molecule has 0 fully saturated rings. The normalized spacial score (nSPS) is 11.1. The maximum atomic E-state index is 12.5. The molecule has 0 bridgehead atoms. The maximum Gasteiger partial charge on any atom is 0.261 e. The molecule has 0 aromatic heterocycles. The number of thioether (sulfide) groups is 1. The number of anilines is 1. The zero-order valence-corrected chi connectivity index (χ0v) is 17.9. The van der Waals surface area contributed by atoms with Crippen LogP contribution in [0.5, 0.6) is 0 Å². The van der Waals surface area contributed by atoms with Crippen LogP contribution in [0.4, 0.5) is 5.69 Å². The number of carbonyl (C=O) groups is 1. The molecule has 0 radical (unpaired) electrons. The van der Waals surface area contributed by atoms with Gasteiger partial charge in [-0.05, 0) is 72.5 Å². The summed E-state index contributed by atoms with van der Waals surface area (Å²) in [7, 11) is -3.69. The molecule has 3 rings (SSSR count). The molecule has 150 valence electrons. The first-order valence-electron chi connectivity index (χ1n) is 8.67. The summed E-state index contributed by atoms with van der Waals surface area (Å²) < 4.78 is 27.5. The molecule has 3 aromatic rings. The predicted molar refractivity (Wildman–Crippen MR) is 118 cm³/mol. The molecule has 0 aliphatic rings. The highest BCUT2D eigenvalue weighted by Gasteiger charge is 2.14. The fraction of sp³-hybridized carbons (Fsp3) is 0.0952. The Labute approximate surface area is 179 Å². The summed E-state index contributed by atoms with van der Waals surface area (Å²) in [6.45, 7) is 0.371. The van der Waals surface area contributed by atoms with Crippen LogP contribution in [0.3, 0.4) is 0 Å². The van der Waals surface area contributed by atoms with Crippen molar-refractivity contribution in [2.45, 2.75) is 16.3 Å². The quantitative estimate of drug-likeness (QED) is 0.511. The van der Waals surface area contributed by atoms with E-state index in [1.165, 1.54) is 0 Å². The Morgan fingerprint density at radius 2 is 1.55 bits per heavy atom. The molecular formula is C21H19ClN2O3S2. The van der Waals surface area contributed by atoms with Crippen LogP contribution < -0.4 is 10.0 Å². The number of halogens is 1. The van der Waals surface area contributed by atoms with Gasteiger partial charge in [-0.3, -0.25) is 9.52 Å². The Balaban J connectivity index is 1.62. The number of hydrogen-bond acceptors (Lipinski definition) is 4. The van der Waals surface area contributed by atoms with E-state index < -0.39 is 10.0 Å². The first kappa shape index (κ1) is 21.2. The topological polar surface area (TPSA) is 75.3 Å². The van der Waals surface area contributed by atoms with Crippen molar-refractivity contribution >= 4 is 45.0 Å². The average Bonchev–Trinajstić information content (AvgIpc) is 2.73. The molecule has 0 heterocycles. The third kappa shape index (κ3) is 5.76. The molecule has 3 aromatic carbocycles. The maximum absolute atomic E-state index is 12.5. The third-order valence-electron chi connectivity index (χ3n) is 4.14. The molecule has 0 aliphatic heterocycles. The van der Waals surface area contributed by atoms with Gasteiger partial charge in [-0.2, -0.15) is 0 Å². The van der Waals surface area contributed by atoms with Gasteiger partial charge in [0.25, 0.3) is 15.9 Å². The first-order chi connectivity index (χ1) is 13.9. The lowest BCUT2D eigenvalue weighted by Gasteiger charge is -2.10. The summed E-state index contributed by atoms with van der Waals surface area (Å²) in [5.74, 6) is -0.248. The Hall–Kier alpha value is -2.48. The van der Waals surface area contributed by atoms with Gasteiger partial charge in [-0.25, -0.2) is 8.42 Å². The zero-order chi connectivity index (χ0) is 20.9. The average molecular weight is 447 g/mol. The highest BCUT2D eigenvalue weighted by atomic mass is 35.5. The Kier molecular flexibility index (Phi) is 6.84. The Bertz CT molecular complexity index is 1080. The van der Waals surface area contributed by atoms with Gasteiger partial charge in [-0.1, -0.05) is 23.7 Å². The summed E-state index contributed by atoms with van der Waals surface area (Å²) in [4.78, 5) is 13.5. The molecule has 0 saturated carbocycles. The Morgan fingerprint density at radius 1 is 0.931 bits per heavy atom. The van der Waals surface area contributed by atoms with Crippen LogP contribution in [0, 0.1) is 0 Å². The van der Waals surface area contributed by atoms with Crippen LogP contribution in [0.15, 0.2) is 82.6 Å². The van der Waals surface area contributed by atoms with Crippen LogP contribution >= 0.6 is 23.4 Å². The first-order valence-corrected chi connectivity index (χ1v) is 11.8. The second-order valence-corrected chi connectivity index (χ2v) is 9.17. The lowest BCUT2D eigenvalue weighted by molar-refractivity contribution is 0.0951. The van der Waals surface area contributed by atoms with Crippen LogP contribution in [0.25, 0.3) is 0 Å². The summed E-state index contributed by atoms with van der Waals surface area (Å²) >= 11 is 7.39. The summed E-state index contributed by atoms with van der Waals surface area (Å²) in [6.07, 6.45) is 1.93. The van der Waals surface area contributed by atoms with E-state index in [0.717, 1.165) is 10.5 Å². The summed E-state index contributed by atoms with van der Waals surface area (Å²) in [5.41, 5.74) is 1.75.